The van der Waals surface area contributed by atoms with Gasteiger partial charge in [-0.15, -0.1) is 0 Å². The van der Waals surface area contributed by atoms with Crippen LogP contribution in [0.25, 0.3) is 0 Å². The molecule has 0 fully saturated rings. The summed E-state index contributed by atoms with van der Waals surface area (Å²) in [4.78, 5) is 29.8. The van der Waals surface area contributed by atoms with Gasteiger partial charge in [0.05, 0.1) is 10.6 Å². The number of nitrogens with one attached hydrogen (secondary N) is 1. The Kier molecular flexibility index (Phi) is 11.1. The van der Waals surface area contributed by atoms with Crippen LogP contribution < -0.4 is 9.62 Å². The van der Waals surface area contributed by atoms with Crippen molar-refractivity contribution in [2.75, 3.05) is 10.8 Å². The van der Waals surface area contributed by atoms with Crippen LogP contribution in [0.1, 0.15) is 42.5 Å². The van der Waals surface area contributed by atoms with Crippen molar-refractivity contribution in [1.82, 2.24) is 10.2 Å². The summed E-state index contributed by atoms with van der Waals surface area (Å²) in [6.45, 7) is 6.97. The van der Waals surface area contributed by atoms with Crippen LogP contribution in [0.4, 0.5) is 10.1 Å². The van der Waals surface area contributed by atoms with E-state index in [9.17, 15) is 22.4 Å². The highest BCUT2D eigenvalue weighted by Gasteiger charge is 2.35. The van der Waals surface area contributed by atoms with Crippen LogP contribution >= 0.6 is 0 Å². The highest BCUT2D eigenvalue weighted by atomic mass is 32.2. The number of rotatable bonds is 13. The summed E-state index contributed by atoms with van der Waals surface area (Å²) < 4.78 is 43.2. The van der Waals surface area contributed by atoms with E-state index in [1.165, 1.54) is 29.2 Å². The van der Waals surface area contributed by atoms with Crippen molar-refractivity contribution in [3.63, 3.8) is 0 Å². The molecule has 0 radical (unpaired) electrons. The number of sulfonamides is 1. The Hall–Kier alpha value is -4.50. The Balaban J connectivity index is 1.82. The van der Waals surface area contributed by atoms with E-state index in [1.807, 2.05) is 57.2 Å². The van der Waals surface area contributed by atoms with Gasteiger partial charge in [0.15, 0.2) is 0 Å². The lowest BCUT2D eigenvalue weighted by Crippen LogP contribution is -2.54. The van der Waals surface area contributed by atoms with Crippen molar-refractivity contribution in [3.05, 3.63) is 131 Å². The number of aryl methyl sites for hydroxylation is 2. The fourth-order valence-corrected chi connectivity index (χ4v) is 6.60. The second-order valence-electron chi connectivity index (χ2n) is 11.3. The zero-order valence-electron chi connectivity index (χ0n) is 26.1. The highest BCUT2D eigenvalue weighted by molar-refractivity contribution is 7.92. The van der Waals surface area contributed by atoms with Crippen LogP contribution in [-0.4, -0.2) is 43.8 Å². The summed E-state index contributed by atoms with van der Waals surface area (Å²) >= 11 is 0. The van der Waals surface area contributed by atoms with Gasteiger partial charge in [-0.25, -0.2) is 12.8 Å². The third kappa shape index (κ3) is 8.57. The predicted molar refractivity (Wildman–Crippen MR) is 176 cm³/mol. The number of anilines is 1. The summed E-state index contributed by atoms with van der Waals surface area (Å²) in [5.41, 5.74) is 3.43. The van der Waals surface area contributed by atoms with Crippen molar-refractivity contribution >= 4 is 27.5 Å². The van der Waals surface area contributed by atoms with Crippen molar-refractivity contribution in [3.8, 4) is 0 Å². The first kappa shape index (κ1) is 33.4. The van der Waals surface area contributed by atoms with Crippen LogP contribution in [0.15, 0.2) is 108 Å². The number of hydrogen-bond donors (Lipinski definition) is 1. The molecular weight excluding hydrogens is 589 g/mol. The molecule has 0 spiro atoms. The lowest BCUT2D eigenvalue weighted by molar-refractivity contribution is -0.140. The molecule has 236 valence electrons. The van der Waals surface area contributed by atoms with Gasteiger partial charge in [0.1, 0.15) is 18.4 Å². The number of nitrogens with zero attached hydrogens (tertiary/aromatic N) is 2. The Morgan fingerprint density at radius 1 is 0.844 bits per heavy atom. The molecule has 4 aromatic carbocycles. The largest absolute Gasteiger partial charge is 0.352 e. The number of hydrogen-bond acceptors (Lipinski definition) is 4. The van der Waals surface area contributed by atoms with Gasteiger partial charge < -0.3 is 10.2 Å². The molecule has 4 aromatic rings. The van der Waals surface area contributed by atoms with E-state index < -0.39 is 34.3 Å². The Bertz CT molecular complexity index is 1700. The zero-order chi connectivity index (χ0) is 32.6. The van der Waals surface area contributed by atoms with Gasteiger partial charge in [0.25, 0.3) is 10.0 Å². The molecule has 0 aliphatic rings. The normalized spacial score (nSPS) is 12.6. The number of halogens is 1. The number of carbonyl (C=O) groups is 2. The first-order valence-corrected chi connectivity index (χ1v) is 16.5. The molecule has 0 aliphatic heterocycles. The standard InChI is InChI=1S/C36H40FN3O4S/c1-5-28(4)38-36(42)34(23-29-12-8-6-9-13-29)39(24-30-17-19-31(37)20-18-30)35(41)25-40(33-21-16-26(2)22-27(33)3)45(43,44)32-14-10-7-11-15-32/h6-22,28,34H,5,23-25H2,1-4H3,(H,38,42)/t28-,34-/m1/s1. The Morgan fingerprint density at radius 2 is 1.47 bits per heavy atom. The monoisotopic (exact) mass is 629 g/mol. The van der Waals surface area contributed by atoms with Gasteiger partial charge in [-0.2, -0.15) is 0 Å². The third-order valence-electron chi connectivity index (χ3n) is 7.77. The summed E-state index contributed by atoms with van der Waals surface area (Å²) in [6.07, 6.45) is 0.885. The molecule has 2 amide bonds. The van der Waals surface area contributed by atoms with Crippen molar-refractivity contribution in [1.29, 1.82) is 0 Å². The minimum absolute atomic E-state index is 0.0311. The summed E-state index contributed by atoms with van der Waals surface area (Å²) in [5, 5.41) is 3.01. The van der Waals surface area contributed by atoms with E-state index in [1.54, 1.807) is 49.4 Å². The molecule has 9 heteroatoms. The van der Waals surface area contributed by atoms with Crippen LogP contribution in [0, 0.1) is 19.7 Å². The Labute approximate surface area is 265 Å². The topological polar surface area (TPSA) is 86.8 Å². The molecule has 0 bridgehead atoms. The molecule has 45 heavy (non-hydrogen) atoms. The molecular formula is C36H40FN3O4S. The maximum absolute atomic E-state index is 14.5. The van der Waals surface area contributed by atoms with Crippen LogP contribution in [0.5, 0.6) is 0 Å². The second kappa shape index (κ2) is 15.0. The molecule has 0 aromatic heterocycles. The lowest BCUT2D eigenvalue weighted by atomic mass is 10.0. The summed E-state index contributed by atoms with van der Waals surface area (Å²) in [7, 11) is -4.19. The average molecular weight is 630 g/mol. The Morgan fingerprint density at radius 3 is 2.07 bits per heavy atom. The van der Waals surface area contributed by atoms with E-state index in [0.29, 0.717) is 23.2 Å². The van der Waals surface area contributed by atoms with Gasteiger partial charge in [0, 0.05) is 19.0 Å². The van der Waals surface area contributed by atoms with Gasteiger partial charge in [0.2, 0.25) is 11.8 Å². The van der Waals surface area contributed by atoms with E-state index in [0.717, 1.165) is 15.4 Å². The number of benzene rings is 4. The van der Waals surface area contributed by atoms with Crippen LogP contribution in [-0.2, 0) is 32.6 Å². The molecule has 0 saturated heterocycles. The minimum Gasteiger partial charge on any atom is -0.352 e. The molecule has 0 heterocycles. The summed E-state index contributed by atoms with van der Waals surface area (Å²) in [5.74, 6) is -1.35. The molecule has 4 rings (SSSR count). The fraction of sp³-hybridized carbons (Fsp3) is 0.278. The lowest BCUT2D eigenvalue weighted by Gasteiger charge is -2.34. The van der Waals surface area contributed by atoms with Gasteiger partial charge in [-0.1, -0.05) is 85.3 Å². The van der Waals surface area contributed by atoms with E-state index in [2.05, 4.69) is 5.32 Å². The average Bonchev–Trinajstić information content (AvgIpc) is 3.03. The maximum Gasteiger partial charge on any atom is 0.264 e. The zero-order valence-corrected chi connectivity index (χ0v) is 26.9. The molecule has 1 N–H and O–H groups in total. The van der Waals surface area contributed by atoms with Gasteiger partial charge >= 0.3 is 0 Å². The van der Waals surface area contributed by atoms with Gasteiger partial charge in [-0.05, 0) is 74.2 Å². The first-order valence-electron chi connectivity index (χ1n) is 15.0. The number of carbonyl (C=O) groups excluding carboxylic acids is 2. The fourth-order valence-electron chi connectivity index (χ4n) is 5.10. The van der Waals surface area contributed by atoms with Crippen LogP contribution in [0.2, 0.25) is 0 Å². The number of amides is 2. The molecule has 2 atom stereocenters. The second-order valence-corrected chi connectivity index (χ2v) is 13.1. The van der Waals surface area contributed by atoms with Gasteiger partial charge in [-0.3, -0.25) is 13.9 Å². The van der Waals surface area contributed by atoms with E-state index in [-0.39, 0.29) is 29.8 Å². The minimum atomic E-state index is -4.19. The first-order chi connectivity index (χ1) is 21.5. The van der Waals surface area contributed by atoms with Crippen LogP contribution in [0.3, 0.4) is 0 Å². The molecule has 0 saturated carbocycles. The van der Waals surface area contributed by atoms with Crippen molar-refractivity contribution in [2.45, 2.75) is 64.1 Å². The maximum atomic E-state index is 14.5. The smallest absolute Gasteiger partial charge is 0.264 e. The molecule has 7 nitrogen and oxygen atoms in total. The quantitative estimate of drug-likeness (QED) is 0.191. The van der Waals surface area contributed by atoms with Crippen molar-refractivity contribution < 1.29 is 22.4 Å². The molecule has 0 aliphatic carbocycles. The molecule has 0 unspecified atom stereocenters. The third-order valence-corrected chi connectivity index (χ3v) is 9.54. The van der Waals surface area contributed by atoms with Crippen molar-refractivity contribution in [2.24, 2.45) is 0 Å². The predicted octanol–water partition coefficient (Wildman–Crippen LogP) is 6.19. The van der Waals surface area contributed by atoms with E-state index >= 15 is 0 Å². The highest BCUT2D eigenvalue weighted by Crippen LogP contribution is 2.28. The summed E-state index contributed by atoms with van der Waals surface area (Å²) in [6, 6.07) is 27.3. The van der Waals surface area contributed by atoms with E-state index in [4.69, 9.17) is 0 Å². The SMILES string of the molecule is CC[C@@H](C)NC(=O)[C@@H](Cc1ccccc1)N(Cc1ccc(F)cc1)C(=O)CN(c1ccc(C)cc1C)S(=O)(=O)c1ccccc1.